The highest BCUT2D eigenvalue weighted by Crippen LogP contribution is 2.40. The van der Waals surface area contributed by atoms with Crippen LogP contribution < -0.4 is 10.6 Å². The Morgan fingerprint density at radius 2 is 1.84 bits per heavy atom. The predicted molar refractivity (Wildman–Crippen MR) is 147 cm³/mol. The number of ether oxygens (including phenoxy) is 2. The number of esters is 1. The maximum atomic E-state index is 13.4. The molecule has 2 aliphatic rings. The number of halogens is 3. The van der Waals surface area contributed by atoms with E-state index in [1.165, 1.54) is 10.6 Å². The van der Waals surface area contributed by atoms with Gasteiger partial charge in [0.2, 0.25) is 5.91 Å². The molecule has 1 unspecified atom stereocenters. The van der Waals surface area contributed by atoms with Crippen LogP contribution in [0.1, 0.15) is 67.9 Å². The zero-order chi connectivity index (χ0) is 30.6. The average Bonchev–Trinajstić information content (AvgIpc) is 3.44. The summed E-state index contributed by atoms with van der Waals surface area (Å²) in [7, 11) is 1.03. The van der Waals surface area contributed by atoms with Gasteiger partial charge in [0, 0.05) is 12.8 Å². The maximum absolute atomic E-state index is 13.4. The Kier molecular flexibility index (Phi) is 8.88. The summed E-state index contributed by atoms with van der Waals surface area (Å²) >= 11 is 0. The Balaban J connectivity index is 1.39. The molecule has 1 saturated heterocycles. The van der Waals surface area contributed by atoms with Crippen LogP contribution in [0.3, 0.4) is 0 Å². The summed E-state index contributed by atoms with van der Waals surface area (Å²) in [5.74, 6) is -2.00. The third-order valence-electron chi connectivity index (χ3n) is 8.32. The van der Waals surface area contributed by atoms with Crippen LogP contribution in [-0.2, 0) is 32.1 Å². The van der Waals surface area contributed by atoms with Gasteiger partial charge in [0.15, 0.2) is 11.1 Å². The second-order valence-corrected chi connectivity index (χ2v) is 11.3. The Hall–Kier alpha value is -4.16. The van der Waals surface area contributed by atoms with Gasteiger partial charge in [-0.1, -0.05) is 56.0 Å². The first-order valence-corrected chi connectivity index (χ1v) is 14.4. The molecule has 2 amide bonds. The average molecular weight is 602 g/mol. The molecular formula is C30H34F3N5O5. The zero-order valence-corrected chi connectivity index (χ0v) is 23.7. The molecule has 0 spiro atoms. The van der Waals surface area contributed by atoms with E-state index in [0.717, 1.165) is 51.2 Å². The predicted octanol–water partition coefficient (Wildman–Crippen LogP) is 4.82. The largest absolute Gasteiger partial charge is 0.468 e. The minimum atomic E-state index is -4.72. The first kappa shape index (κ1) is 30.3. The number of alkyl carbamates (subject to hydrolysis) is 1. The highest BCUT2D eigenvalue weighted by molar-refractivity contribution is 6.04. The molecule has 2 fully saturated rings. The van der Waals surface area contributed by atoms with E-state index in [-0.39, 0.29) is 18.2 Å². The molecule has 1 aliphatic heterocycles. The summed E-state index contributed by atoms with van der Waals surface area (Å²) in [6.07, 6.45) is 1.24. The van der Waals surface area contributed by atoms with Gasteiger partial charge in [0.1, 0.15) is 12.6 Å². The van der Waals surface area contributed by atoms with E-state index in [1.807, 2.05) is 35.6 Å². The second kappa shape index (κ2) is 12.6. The summed E-state index contributed by atoms with van der Waals surface area (Å²) in [4.78, 5) is 43.0. The van der Waals surface area contributed by atoms with Crippen molar-refractivity contribution >= 4 is 23.6 Å². The van der Waals surface area contributed by atoms with E-state index in [0.29, 0.717) is 11.3 Å². The molecule has 2 N–H and O–H groups in total. The summed E-state index contributed by atoms with van der Waals surface area (Å²) in [5, 5.41) is 9.38. The summed E-state index contributed by atoms with van der Waals surface area (Å²) in [5.41, 5.74) is -0.0116. The number of rotatable bonds is 8. The summed E-state index contributed by atoms with van der Waals surface area (Å²) in [6.45, 7) is 0.116. The third-order valence-corrected chi connectivity index (χ3v) is 8.32. The van der Waals surface area contributed by atoms with Crippen molar-refractivity contribution < 1.29 is 37.0 Å². The second-order valence-electron chi connectivity index (χ2n) is 11.3. The molecule has 5 rings (SSSR count). The first-order chi connectivity index (χ1) is 20.6. The fourth-order valence-electron chi connectivity index (χ4n) is 6.04. The highest BCUT2D eigenvalue weighted by Gasteiger charge is 2.60. The molecule has 230 valence electrons. The Labute approximate surface area is 246 Å². The lowest BCUT2D eigenvalue weighted by molar-refractivity contribution is -0.160. The van der Waals surface area contributed by atoms with Gasteiger partial charge in [-0.25, -0.2) is 14.3 Å². The normalized spacial score (nSPS) is 22.0. The number of nitrogens with one attached hydrogen (secondary N) is 2. The fourth-order valence-corrected chi connectivity index (χ4v) is 6.04. The van der Waals surface area contributed by atoms with Crippen LogP contribution >= 0.6 is 0 Å². The molecule has 13 heteroatoms. The van der Waals surface area contributed by atoms with Gasteiger partial charge in [0.25, 0.3) is 0 Å². The minimum absolute atomic E-state index is 0.111. The van der Waals surface area contributed by atoms with Gasteiger partial charge in [-0.05, 0) is 36.5 Å². The van der Waals surface area contributed by atoms with Gasteiger partial charge in [-0.2, -0.15) is 18.3 Å². The van der Waals surface area contributed by atoms with Crippen molar-refractivity contribution in [2.45, 2.75) is 76.2 Å². The SMILES string of the molecule is COC(=O)C1(Cc2ccc3nc([C@@H](NC(=O)OCc4ccccc4)C4CCCCCC4)cn3n2)C[C@@H](C(F)(F)F)NC1=O. The quantitative estimate of drug-likeness (QED) is 0.216. The number of benzene rings is 1. The number of imidazole rings is 1. The summed E-state index contributed by atoms with van der Waals surface area (Å²) < 4.78 is 52.0. The molecule has 3 heterocycles. The summed E-state index contributed by atoms with van der Waals surface area (Å²) in [6, 6.07) is 9.85. The van der Waals surface area contributed by atoms with Gasteiger partial charge < -0.3 is 20.1 Å². The van der Waals surface area contributed by atoms with Crippen molar-refractivity contribution in [2.24, 2.45) is 11.3 Å². The number of hydrogen-bond donors (Lipinski definition) is 2. The highest BCUT2D eigenvalue weighted by atomic mass is 19.4. The Bertz CT molecular complexity index is 1460. The van der Waals surface area contributed by atoms with Crippen molar-refractivity contribution in [1.82, 2.24) is 25.2 Å². The monoisotopic (exact) mass is 601 g/mol. The smallest absolute Gasteiger partial charge is 0.408 e. The van der Waals surface area contributed by atoms with Gasteiger partial charge in [-0.3, -0.25) is 9.59 Å². The number of hydrogen-bond acceptors (Lipinski definition) is 7. The number of carbonyl (C=O) groups excluding carboxylic acids is 3. The molecule has 1 aliphatic carbocycles. The molecule has 0 bridgehead atoms. The van der Waals surface area contributed by atoms with Crippen LogP contribution in [0, 0.1) is 11.3 Å². The van der Waals surface area contributed by atoms with Gasteiger partial charge >= 0.3 is 18.2 Å². The van der Waals surface area contributed by atoms with Crippen molar-refractivity contribution in [2.75, 3.05) is 7.11 Å². The van der Waals surface area contributed by atoms with E-state index < -0.39 is 54.5 Å². The molecule has 10 nitrogen and oxygen atoms in total. The maximum Gasteiger partial charge on any atom is 0.408 e. The number of amides is 2. The molecule has 2 aromatic heterocycles. The number of nitrogens with zero attached hydrogens (tertiary/aromatic N) is 3. The Morgan fingerprint density at radius 3 is 2.49 bits per heavy atom. The van der Waals surface area contributed by atoms with Gasteiger partial charge in [0.05, 0.1) is 30.7 Å². The van der Waals surface area contributed by atoms with Crippen LogP contribution in [0.5, 0.6) is 0 Å². The van der Waals surface area contributed by atoms with E-state index in [2.05, 4.69) is 10.4 Å². The molecule has 3 atom stereocenters. The Morgan fingerprint density at radius 1 is 1.12 bits per heavy atom. The number of carbonyl (C=O) groups is 3. The van der Waals surface area contributed by atoms with Crippen LogP contribution in [-0.4, -0.2) is 51.9 Å². The topological polar surface area (TPSA) is 124 Å². The standard InChI is InChI=1S/C30H34F3N5O5/c1-42-27(40)29(16-23(30(31,32)33)35-26(29)39)15-21-13-14-24-34-22(17-38(24)37-21)25(20-11-7-2-3-8-12-20)36-28(41)43-18-19-9-5-4-6-10-19/h4-6,9-10,13-14,17,20,23,25H,2-3,7-8,11-12,15-16,18H2,1H3,(H,35,39)(H,36,41)/t23-,25-,29?/m0/s1. The molecular weight excluding hydrogens is 567 g/mol. The fraction of sp³-hybridized carbons (Fsp3) is 0.500. The minimum Gasteiger partial charge on any atom is -0.468 e. The zero-order valence-electron chi connectivity index (χ0n) is 23.7. The molecule has 1 aromatic carbocycles. The molecule has 43 heavy (non-hydrogen) atoms. The number of aromatic nitrogens is 3. The number of alkyl halides is 3. The molecule has 3 aromatic rings. The first-order valence-electron chi connectivity index (χ1n) is 14.4. The van der Waals surface area contributed by atoms with Gasteiger partial charge in [-0.15, -0.1) is 0 Å². The van der Waals surface area contributed by atoms with E-state index >= 15 is 0 Å². The van der Waals surface area contributed by atoms with Crippen molar-refractivity contribution in [1.29, 1.82) is 0 Å². The van der Waals surface area contributed by atoms with Crippen LogP contribution in [0.25, 0.3) is 5.65 Å². The van der Waals surface area contributed by atoms with Crippen LogP contribution in [0.2, 0.25) is 0 Å². The van der Waals surface area contributed by atoms with Crippen LogP contribution in [0.15, 0.2) is 48.7 Å². The lowest BCUT2D eigenvalue weighted by Crippen LogP contribution is -2.42. The molecule has 1 saturated carbocycles. The van der Waals surface area contributed by atoms with Crippen molar-refractivity contribution in [3.05, 3.63) is 65.6 Å². The van der Waals surface area contributed by atoms with Crippen LogP contribution in [0.4, 0.5) is 18.0 Å². The van der Waals surface area contributed by atoms with E-state index in [1.54, 1.807) is 12.3 Å². The van der Waals surface area contributed by atoms with Crippen molar-refractivity contribution in [3.8, 4) is 0 Å². The number of fused-ring (bicyclic) bond motifs is 1. The number of methoxy groups -OCH3 is 1. The molecule has 0 radical (unpaired) electrons. The van der Waals surface area contributed by atoms with E-state index in [4.69, 9.17) is 14.5 Å². The van der Waals surface area contributed by atoms with E-state index in [9.17, 15) is 27.6 Å². The van der Waals surface area contributed by atoms with Crippen molar-refractivity contribution in [3.63, 3.8) is 0 Å². The lowest BCUT2D eigenvalue weighted by Gasteiger charge is -2.25. The third kappa shape index (κ3) is 6.75. The lowest BCUT2D eigenvalue weighted by atomic mass is 9.80.